The Morgan fingerprint density at radius 1 is 1.14 bits per heavy atom. The monoisotopic (exact) mass is 304 g/mol. The molecule has 110 valence electrons. The van der Waals surface area contributed by atoms with E-state index in [9.17, 15) is 14.4 Å². The highest BCUT2D eigenvalue weighted by Gasteiger charge is 2.43. The highest BCUT2D eigenvalue weighted by molar-refractivity contribution is 7.81. The average molecular weight is 304 g/mol. The molecular weight excluding hydrogens is 288 g/mol. The predicted octanol–water partition coefficient (Wildman–Crippen LogP) is 1.91. The highest BCUT2D eigenvalue weighted by Crippen LogP contribution is 2.21. The highest BCUT2D eigenvalue weighted by atomic mass is 32.1. The van der Waals surface area contributed by atoms with E-state index in [-0.39, 0.29) is 12.5 Å². The minimum atomic E-state index is -0.602. The van der Waals surface area contributed by atoms with Crippen LogP contribution in [0.5, 0.6) is 0 Å². The van der Waals surface area contributed by atoms with Gasteiger partial charge in [0.25, 0.3) is 0 Å². The molecule has 6 heteroatoms. The second kappa shape index (κ2) is 5.73. The maximum atomic E-state index is 12.1. The lowest BCUT2D eigenvalue weighted by Gasteiger charge is -2.20. The van der Waals surface area contributed by atoms with Crippen molar-refractivity contribution in [1.82, 2.24) is 9.80 Å². The first-order valence-corrected chi connectivity index (χ1v) is 6.96. The van der Waals surface area contributed by atoms with Gasteiger partial charge in [-0.3, -0.25) is 19.4 Å². The number of benzene rings is 1. The van der Waals surface area contributed by atoms with Crippen LogP contribution in [0.15, 0.2) is 24.3 Å². The number of aryl methyl sites for hydroxylation is 1. The van der Waals surface area contributed by atoms with Crippen molar-refractivity contribution in [3.63, 3.8) is 0 Å². The molecule has 1 aliphatic rings. The Morgan fingerprint density at radius 3 is 2.19 bits per heavy atom. The number of hydrogen-bond donors (Lipinski definition) is 0. The zero-order valence-corrected chi connectivity index (χ0v) is 12.9. The summed E-state index contributed by atoms with van der Waals surface area (Å²) < 4.78 is 0. The van der Waals surface area contributed by atoms with Gasteiger partial charge in [0.1, 0.15) is 0 Å². The summed E-state index contributed by atoms with van der Waals surface area (Å²) in [6.45, 7) is 4.67. The van der Waals surface area contributed by atoms with Gasteiger partial charge in [0.15, 0.2) is 0 Å². The molecule has 0 N–H and O–H groups in total. The number of thiocarbonyl (C=S) groups is 1. The zero-order valence-electron chi connectivity index (χ0n) is 12.1. The number of carbonyl (C=O) groups excluding carboxylic acids is 3. The van der Waals surface area contributed by atoms with Crippen LogP contribution >= 0.6 is 12.2 Å². The molecule has 0 saturated carbocycles. The first-order valence-electron chi connectivity index (χ1n) is 6.55. The van der Waals surface area contributed by atoms with Gasteiger partial charge in [-0.25, -0.2) is 4.79 Å². The SMILES string of the molecule is CC(=O)N1CC(C(=S)c2ccc(C)cc2)N(C(C)=O)C1=O. The molecule has 1 aromatic rings. The molecule has 0 spiro atoms. The molecule has 4 amide bonds. The Morgan fingerprint density at radius 2 is 1.71 bits per heavy atom. The Hall–Kier alpha value is -2.08. The predicted molar refractivity (Wildman–Crippen MR) is 82.0 cm³/mol. The lowest BCUT2D eigenvalue weighted by molar-refractivity contribution is -0.126. The van der Waals surface area contributed by atoms with E-state index in [0.29, 0.717) is 4.86 Å². The van der Waals surface area contributed by atoms with E-state index in [1.807, 2.05) is 31.2 Å². The van der Waals surface area contributed by atoms with Crippen LogP contribution < -0.4 is 0 Å². The topological polar surface area (TPSA) is 57.7 Å². The van der Waals surface area contributed by atoms with Crippen LogP contribution in [-0.4, -0.2) is 45.1 Å². The van der Waals surface area contributed by atoms with Crippen molar-refractivity contribution in [3.05, 3.63) is 35.4 Å². The van der Waals surface area contributed by atoms with E-state index in [1.165, 1.54) is 13.8 Å². The Bertz CT molecular complexity index is 624. The minimum Gasteiger partial charge on any atom is -0.275 e. The van der Waals surface area contributed by atoms with Crippen molar-refractivity contribution in [2.45, 2.75) is 26.8 Å². The summed E-state index contributed by atoms with van der Waals surface area (Å²) in [6, 6.07) is 6.36. The third-order valence-electron chi connectivity index (χ3n) is 3.46. The second-order valence-electron chi connectivity index (χ2n) is 5.05. The van der Waals surface area contributed by atoms with Crippen molar-refractivity contribution in [2.75, 3.05) is 6.54 Å². The number of hydrogen-bond acceptors (Lipinski definition) is 4. The van der Waals surface area contributed by atoms with E-state index in [2.05, 4.69) is 0 Å². The molecule has 21 heavy (non-hydrogen) atoms. The third kappa shape index (κ3) is 2.85. The zero-order chi connectivity index (χ0) is 15.7. The van der Waals surface area contributed by atoms with E-state index in [0.717, 1.165) is 20.9 Å². The van der Waals surface area contributed by atoms with Crippen LogP contribution in [0, 0.1) is 6.92 Å². The van der Waals surface area contributed by atoms with Gasteiger partial charge >= 0.3 is 6.03 Å². The first-order chi connectivity index (χ1) is 9.82. The molecule has 1 fully saturated rings. The molecule has 0 bridgehead atoms. The number of nitrogens with zero attached hydrogens (tertiary/aromatic N) is 2. The van der Waals surface area contributed by atoms with E-state index in [1.54, 1.807) is 0 Å². The fourth-order valence-corrected chi connectivity index (χ4v) is 2.64. The molecule has 1 aliphatic heterocycles. The number of carbonyl (C=O) groups is 3. The van der Waals surface area contributed by atoms with E-state index in [4.69, 9.17) is 12.2 Å². The summed E-state index contributed by atoms with van der Waals surface area (Å²) in [7, 11) is 0. The summed E-state index contributed by atoms with van der Waals surface area (Å²) in [5, 5.41) is 0. The fourth-order valence-electron chi connectivity index (χ4n) is 2.32. The van der Waals surface area contributed by atoms with Gasteiger partial charge in [-0.05, 0) is 12.5 Å². The minimum absolute atomic E-state index is 0.112. The Labute approximate surface area is 128 Å². The van der Waals surface area contributed by atoms with Gasteiger partial charge in [-0.2, -0.15) is 0 Å². The van der Waals surface area contributed by atoms with Crippen molar-refractivity contribution >= 4 is 34.9 Å². The van der Waals surface area contributed by atoms with Crippen LogP contribution in [0.2, 0.25) is 0 Å². The third-order valence-corrected chi connectivity index (χ3v) is 3.97. The molecule has 1 atom stereocenters. The normalized spacial score (nSPS) is 18.0. The van der Waals surface area contributed by atoms with Crippen molar-refractivity contribution < 1.29 is 14.4 Å². The van der Waals surface area contributed by atoms with Gasteiger partial charge in [0, 0.05) is 18.7 Å². The molecule has 2 rings (SSSR count). The summed E-state index contributed by atoms with van der Waals surface area (Å²) >= 11 is 5.43. The average Bonchev–Trinajstić information content (AvgIpc) is 2.76. The summed E-state index contributed by atoms with van der Waals surface area (Å²) in [5.74, 6) is -0.802. The molecule has 1 heterocycles. The van der Waals surface area contributed by atoms with Crippen LogP contribution in [-0.2, 0) is 9.59 Å². The molecule has 5 nitrogen and oxygen atoms in total. The maximum Gasteiger partial charge on any atom is 0.334 e. The lowest BCUT2D eigenvalue weighted by atomic mass is 10.0. The van der Waals surface area contributed by atoms with Crippen molar-refractivity contribution in [1.29, 1.82) is 0 Å². The molecule has 1 aromatic carbocycles. The van der Waals surface area contributed by atoms with Gasteiger partial charge in [-0.15, -0.1) is 0 Å². The van der Waals surface area contributed by atoms with Gasteiger partial charge in [-0.1, -0.05) is 42.0 Å². The van der Waals surface area contributed by atoms with Crippen LogP contribution in [0.25, 0.3) is 0 Å². The van der Waals surface area contributed by atoms with E-state index < -0.39 is 18.0 Å². The van der Waals surface area contributed by atoms with Crippen molar-refractivity contribution in [3.8, 4) is 0 Å². The Balaban J connectivity index is 2.34. The van der Waals surface area contributed by atoms with Crippen molar-refractivity contribution in [2.24, 2.45) is 0 Å². The number of amides is 4. The number of rotatable bonds is 2. The molecule has 0 aliphatic carbocycles. The molecular formula is C15H16N2O3S. The van der Waals surface area contributed by atoms with Gasteiger partial charge in [0.2, 0.25) is 11.8 Å². The molecule has 0 radical (unpaired) electrons. The lowest BCUT2D eigenvalue weighted by Crippen LogP contribution is -2.42. The quantitative estimate of drug-likeness (QED) is 0.618. The summed E-state index contributed by atoms with van der Waals surface area (Å²) in [6.07, 6.45) is 0. The van der Waals surface area contributed by atoms with Crippen LogP contribution in [0.3, 0.4) is 0 Å². The van der Waals surface area contributed by atoms with Crippen LogP contribution in [0.1, 0.15) is 25.0 Å². The standard InChI is InChI=1S/C15H16N2O3S/c1-9-4-6-12(7-5-9)14(21)13-8-16(10(2)18)15(20)17(13)11(3)19/h4-7,13H,8H2,1-3H3. The molecule has 0 aromatic heterocycles. The molecule has 1 unspecified atom stereocenters. The maximum absolute atomic E-state index is 12.1. The number of imide groups is 2. The molecule has 1 saturated heterocycles. The first kappa shape index (κ1) is 15.3. The number of urea groups is 1. The summed E-state index contributed by atoms with van der Waals surface area (Å²) in [4.78, 5) is 38.0. The van der Waals surface area contributed by atoms with Gasteiger partial charge < -0.3 is 0 Å². The fraction of sp³-hybridized carbons (Fsp3) is 0.333. The second-order valence-corrected chi connectivity index (χ2v) is 5.49. The smallest absolute Gasteiger partial charge is 0.275 e. The Kier molecular flexibility index (Phi) is 4.18. The largest absolute Gasteiger partial charge is 0.334 e. The summed E-state index contributed by atoms with van der Waals surface area (Å²) in [5.41, 5.74) is 1.88. The van der Waals surface area contributed by atoms with E-state index >= 15 is 0 Å². The van der Waals surface area contributed by atoms with Crippen LogP contribution in [0.4, 0.5) is 4.79 Å². The van der Waals surface area contributed by atoms with Gasteiger partial charge in [0.05, 0.1) is 12.6 Å².